The highest BCUT2D eigenvalue weighted by Gasteiger charge is 2.25. The molecule has 0 spiro atoms. The molecule has 0 saturated heterocycles. The van der Waals surface area contributed by atoms with Gasteiger partial charge in [0.05, 0.1) is 5.56 Å². The first kappa shape index (κ1) is 7.47. The number of hydrogen-bond donors (Lipinski definition) is 0. The number of benzene rings is 1. The van der Waals surface area contributed by atoms with Crippen molar-refractivity contribution in [2.75, 3.05) is 0 Å². The normalized spacial score (nSPS) is 14.8. The van der Waals surface area contributed by atoms with E-state index in [-0.39, 0.29) is 0 Å². The van der Waals surface area contributed by atoms with Crippen LogP contribution in [0.15, 0.2) is 29.4 Å². The van der Waals surface area contributed by atoms with E-state index >= 15 is 0 Å². The van der Waals surface area contributed by atoms with E-state index in [2.05, 4.69) is 47.9 Å². The first-order valence-corrected chi connectivity index (χ1v) is 4.33. The molecule has 0 N–H and O–H groups in total. The van der Waals surface area contributed by atoms with E-state index in [1.54, 1.807) is 0 Å². The number of para-hydroxylation sites is 1. The zero-order valence-electron chi connectivity index (χ0n) is 7.49. The molecular weight excluding hydrogens is 148 g/mol. The second-order valence-corrected chi connectivity index (χ2v) is 3.37. The van der Waals surface area contributed by atoms with Crippen LogP contribution in [-0.4, -0.2) is 10.7 Å². The van der Waals surface area contributed by atoms with Gasteiger partial charge in [0.25, 0.3) is 0 Å². The van der Waals surface area contributed by atoms with Gasteiger partial charge in [-0.15, -0.1) is 0 Å². The van der Waals surface area contributed by atoms with Gasteiger partial charge in [-0.3, -0.25) is 0 Å². The largest absolute Gasteiger partial charge is 0.237 e. The van der Waals surface area contributed by atoms with Crippen molar-refractivity contribution in [1.82, 2.24) is 0 Å². The lowest BCUT2D eigenvalue weighted by Gasteiger charge is -1.98. The third-order valence-corrected chi connectivity index (χ3v) is 2.12. The predicted octanol–water partition coefficient (Wildman–Crippen LogP) is 2.70. The summed E-state index contributed by atoms with van der Waals surface area (Å²) >= 11 is 0. The molecule has 1 aromatic carbocycles. The molecule has 0 unspecified atom stereocenters. The Morgan fingerprint density at radius 2 is 2.08 bits per heavy atom. The van der Waals surface area contributed by atoms with Crippen molar-refractivity contribution in [3.8, 4) is 0 Å². The number of nitrogens with zero attached hydrogens (tertiary/aromatic N) is 2. The summed E-state index contributed by atoms with van der Waals surface area (Å²) in [6.45, 7) is 5.16. The van der Waals surface area contributed by atoms with Crippen LogP contribution in [0.4, 0.5) is 5.69 Å². The molecule has 0 amide bonds. The van der Waals surface area contributed by atoms with Crippen molar-refractivity contribution in [2.24, 2.45) is 5.11 Å². The fraction of sp³-hybridized carbons (Fsp3) is 0.400. The van der Waals surface area contributed by atoms with Gasteiger partial charge in [0, 0.05) is 6.07 Å². The molecule has 12 heavy (non-hydrogen) atoms. The van der Waals surface area contributed by atoms with Crippen molar-refractivity contribution >= 4 is 5.69 Å². The molecule has 1 aliphatic rings. The molecule has 1 heterocycles. The molecule has 0 aromatic heterocycles. The van der Waals surface area contributed by atoms with Crippen LogP contribution >= 0.6 is 0 Å². The highest BCUT2D eigenvalue weighted by Crippen LogP contribution is 2.27. The van der Waals surface area contributed by atoms with Gasteiger partial charge >= 0.3 is 0 Å². The molecule has 0 aliphatic carbocycles. The lowest BCUT2D eigenvalue weighted by atomic mass is 10.2. The minimum absolute atomic E-state index is 0.466. The van der Waals surface area contributed by atoms with Crippen LogP contribution in [0.1, 0.15) is 19.4 Å². The Bertz CT molecular complexity index is 326. The molecule has 2 rings (SSSR count). The zero-order valence-corrected chi connectivity index (χ0v) is 7.49. The molecule has 0 fully saturated rings. The highest BCUT2D eigenvalue weighted by atomic mass is 15.3. The maximum absolute atomic E-state index is 4.44. The van der Waals surface area contributed by atoms with E-state index in [1.165, 1.54) is 11.3 Å². The summed E-state index contributed by atoms with van der Waals surface area (Å²) < 4.78 is 2.09. The van der Waals surface area contributed by atoms with Crippen molar-refractivity contribution < 1.29 is 4.70 Å². The van der Waals surface area contributed by atoms with Gasteiger partial charge in [-0.05, 0) is 19.0 Å². The quantitative estimate of drug-likeness (QED) is 0.563. The number of azo groups is 2. The maximum Gasteiger partial charge on any atom is 0.237 e. The van der Waals surface area contributed by atoms with Gasteiger partial charge in [0.1, 0.15) is 6.54 Å². The van der Waals surface area contributed by atoms with Gasteiger partial charge in [0.2, 0.25) is 5.69 Å². The first-order chi connectivity index (χ1) is 5.79. The fourth-order valence-corrected chi connectivity index (χ4v) is 1.54. The number of hydrogen-bond acceptors (Lipinski definition) is 1. The van der Waals surface area contributed by atoms with Crippen molar-refractivity contribution in [2.45, 2.75) is 26.4 Å². The van der Waals surface area contributed by atoms with E-state index in [1.807, 2.05) is 0 Å². The summed E-state index contributed by atoms with van der Waals surface area (Å²) in [6, 6.07) is 8.87. The summed E-state index contributed by atoms with van der Waals surface area (Å²) in [5.41, 5.74) is 2.61. The summed E-state index contributed by atoms with van der Waals surface area (Å²) in [5.74, 6) is 0. The van der Waals surface area contributed by atoms with Crippen molar-refractivity contribution in [3.63, 3.8) is 0 Å². The molecule has 1 aromatic rings. The van der Waals surface area contributed by atoms with E-state index < -0.39 is 0 Å². The Hall–Kier alpha value is -1.18. The fourth-order valence-electron chi connectivity index (χ4n) is 1.54. The molecule has 0 atom stereocenters. The minimum atomic E-state index is 0.466. The lowest BCUT2D eigenvalue weighted by molar-refractivity contribution is -0.540. The number of rotatable bonds is 1. The Morgan fingerprint density at radius 1 is 1.33 bits per heavy atom. The van der Waals surface area contributed by atoms with Crippen LogP contribution in [0, 0.1) is 0 Å². The van der Waals surface area contributed by atoms with Crippen LogP contribution in [0.25, 0.3) is 0 Å². The van der Waals surface area contributed by atoms with Crippen molar-refractivity contribution in [3.05, 3.63) is 29.8 Å². The SMILES string of the molecule is CC(C)[N+]1=NCc2ccccc21. The van der Waals surface area contributed by atoms with Gasteiger partial charge in [-0.1, -0.05) is 22.9 Å². The van der Waals surface area contributed by atoms with E-state index in [9.17, 15) is 0 Å². The Balaban J connectivity index is 2.45. The molecule has 2 nitrogen and oxygen atoms in total. The topological polar surface area (TPSA) is 15.4 Å². The van der Waals surface area contributed by atoms with E-state index in [0.717, 1.165) is 6.54 Å². The first-order valence-electron chi connectivity index (χ1n) is 4.33. The van der Waals surface area contributed by atoms with E-state index in [4.69, 9.17) is 0 Å². The summed E-state index contributed by atoms with van der Waals surface area (Å²) in [4.78, 5) is 0. The third kappa shape index (κ3) is 1.04. The third-order valence-electron chi connectivity index (χ3n) is 2.12. The minimum Gasteiger partial charge on any atom is -0.0863 e. The second-order valence-electron chi connectivity index (χ2n) is 3.37. The Kier molecular flexibility index (Phi) is 1.68. The van der Waals surface area contributed by atoms with E-state index in [0.29, 0.717) is 6.04 Å². The second kappa shape index (κ2) is 2.70. The summed E-state index contributed by atoms with van der Waals surface area (Å²) in [5, 5.41) is 4.44. The monoisotopic (exact) mass is 161 g/mol. The van der Waals surface area contributed by atoms with Gasteiger partial charge in [-0.25, -0.2) is 0 Å². The molecule has 0 bridgehead atoms. The zero-order chi connectivity index (χ0) is 8.55. The molecular formula is C10H13N2+. The van der Waals surface area contributed by atoms with Crippen LogP contribution in [-0.2, 0) is 6.54 Å². The summed E-state index contributed by atoms with van der Waals surface area (Å²) in [6.07, 6.45) is 0. The highest BCUT2D eigenvalue weighted by molar-refractivity contribution is 5.40. The van der Waals surface area contributed by atoms with Crippen LogP contribution in [0.5, 0.6) is 0 Å². The average molecular weight is 161 g/mol. The Labute approximate surface area is 72.5 Å². The van der Waals surface area contributed by atoms with Crippen LogP contribution < -0.4 is 0 Å². The summed E-state index contributed by atoms with van der Waals surface area (Å²) in [7, 11) is 0. The predicted molar refractivity (Wildman–Crippen MR) is 47.6 cm³/mol. The van der Waals surface area contributed by atoms with Gasteiger partial charge in [0.15, 0.2) is 6.04 Å². The smallest absolute Gasteiger partial charge is 0.0863 e. The molecule has 62 valence electrons. The average Bonchev–Trinajstić information content (AvgIpc) is 2.47. The maximum atomic E-state index is 4.44. The van der Waals surface area contributed by atoms with Gasteiger partial charge in [-0.2, -0.15) is 0 Å². The molecule has 0 saturated carbocycles. The van der Waals surface area contributed by atoms with Gasteiger partial charge < -0.3 is 0 Å². The molecule has 0 radical (unpaired) electrons. The lowest BCUT2D eigenvalue weighted by Crippen LogP contribution is -2.10. The van der Waals surface area contributed by atoms with Crippen LogP contribution in [0.2, 0.25) is 0 Å². The standard InChI is InChI=1S/C10H13N2/c1-8(2)12-10-6-4-3-5-9(10)7-11-12/h3-6,8H,7H2,1-2H3/q+1. The molecule has 2 heteroatoms. The molecule has 1 aliphatic heterocycles. The van der Waals surface area contributed by atoms with Crippen molar-refractivity contribution in [1.29, 1.82) is 0 Å². The Morgan fingerprint density at radius 3 is 2.83 bits per heavy atom. The van der Waals surface area contributed by atoms with Crippen LogP contribution in [0.3, 0.4) is 0 Å². The number of fused-ring (bicyclic) bond motifs is 1.